The summed E-state index contributed by atoms with van der Waals surface area (Å²) < 4.78 is 5.24. The first-order chi connectivity index (χ1) is 10.1. The molecule has 0 fully saturated rings. The molecule has 106 valence electrons. The Labute approximate surface area is 124 Å². The van der Waals surface area contributed by atoms with Crippen LogP contribution >= 0.6 is 11.3 Å². The van der Waals surface area contributed by atoms with Gasteiger partial charge in [0.05, 0.1) is 11.9 Å². The molecule has 3 N–H and O–H groups in total. The predicted molar refractivity (Wildman–Crippen MR) is 81.2 cm³/mol. The number of amides is 1. The maximum Gasteiger partial charge on any atom is 0.267 e. The summed E-state index contributed by atoms with van der Waals surface area (Å²) in [5.41, 5.74) is 7.74. The Morgan fingerprint density at radius 3 is 2.95 bits per heavy atom. The molecule has 0 aliphatic rings. The molecule has 0 atom stereocenters. The van der Waals surface area contributed by atoms with Gasteiger partial charge in [0.2, 0.25) is 0 Å². The van der Waals surface area contributed by atoms with Crippen molar-refractivity contribution in [3.63, 3.8) is 0 Å². The molecule has 0 saturated heterocycles. The van der Waals surface area contributed by atoms with E-state index in [0.717, 1.165) is 5.56 Å². The van der Waals surface area contributed by atoms with E-state index >= 15 is 0 Å². The highest BCUT2D eigenvalue weighted by molar-refractivity contribution is 7.17. The molecule has 0 saturated carbocycles. The first-order valence-corrected chi connectivity index (χ1v) is 6.98. The Morgan fingerprint density at radius 1 is 1.43 bits per heavy atom. The van der Waals surface area contributed by atoms with Gasteiger partial charge in [-0.15, -0.1) is 0 Å². The second-order valence-electron chi connectivity index (χ2n) is 4.37. The van der Waals surface area contributed by atoms with E-state index in [1.165, 1.54) is 17.7 Å². The summed E-state index contributed by atoms with van der Waals surface area (Å²) in [6, 6.07) is 7.34. The molecule has 1 aromatic carbocycles. The first kappa shape index (κ1) is 13.3. The molecular formula is C14H12N4O2S. The van der Waals surface area contributed by atoms with Crippen molar-refractivity contribution in [3.8, 4) is 11.3 Å². The monoisotopic (exact) mass is 300 g/mol. The molecule has 0 aliphatic heterocycles. The molecule has 1 amide bonds. The second kappa shape index (κ2) is 5.37. The minimum Gasteiger partial charge on any atom is -0.444 e. The number of nitrogen functional groups attached to an aromatic ring is 1. The van der Waals surface area contributed by atoms with Gasteiger partial charge in [-0.1, -0.05) is 23.5 Å². The number of hydrogen-bond acceptors (Lipinski definition) is 6. The standard InChI is InChI=1S/C14H12N4O2S/c1-8-12(21-14(15)17-8)13(19)18-10-4-2-3-9(5-10)11-6-16-7-20-11/h2-7H,1H3,(H2,15,17)(H,18,19). The molecule has 2 aromatic heterocycles. The summed E-state index contributed by atoms with van der Waals surface area (Å²) in [5.74, 6) is 0.417. The van der Waals surface area contributed by atoms with Crippen LogP contribution in [0, 0.1) is 6.92 Å². The number of carbonyl (C=O) groups excluding carboxylic acids is 1. The van der Waals surface area contributed by atoms with Crippen LogP contribution in [-0.2, 0) is 0 Å². The Balaban J connectivity index is 1.84. The Bertz CT molecular complexity index is 780. The smallest absolute Gasteiger partial charge is 0.267 e. The zero-order valence-electron chi connectivity index (χ0n) is 11.2. The van der Waals surface area contributed by atoms with Crippen molar-refractivity contribution in [2.75, 3.05) is 11.1 Å². The summed E-state index contributed by atoms with van der Waals surface area (Å²) in [7, 11) is 0. The maximum absolute atomic E-state index is 12.2. The molecule has 3 rings (SSSR count). The van der Waals surface area contributed by atoms with E-state index in [9.17, 15) is 4.79 Å². The molecule has 6 nitrogen and oxygen atoms in total. The van der Waals surface area contributed by atoms with Crippen LogP contribution in [-0.4, -0.2) is 15.9 Å². The molecule has 0 radical (unpaired) electrons. The summed E-state index contributed by atoms with van der Waals surface area (Å²) in [6.07, 6.45) is 2.99. The number of nitrogens with zero attached hydrogens (tertiary/aromatic N) is 2. The van der Waals surface area contributed by atoms with E-state index in [1.807, 2.05) is 18.2 Å². The quantitative estimate of drug-likeness (QED) is 0.775. The van der Waals surface area contributed by atoms with Crippen LogP contribution in [0.3, 0.4) is 0 Å². The minimum atomic E-state index is -0.226. The number of benzene rings is 1. The Morgan fingerprint density at radius 2 is 2.29 bits per heavy atom. The lowest BCUT2D eigenvalue weighted by Crippen LogP contribution is -2.11. The largest absolute Gasteiger partial charge is 0.444 e. The fourth-order valence-electron chi connectivity index (χ4n) is 1.92. The van der Waals surface area contributed by atoms with Crippen molar-refractivity contribution in [2.24, 2.45) is 0 Å². The average Bonchev–Trinajstić information content (AvgIpc) is 3.08. The van der Waals surface area contributed by atoms with Crippen molar-refractivity contribution in [3.05, 3.63) is 47.4 Å². The van der Waals surface area contributed by atoms with Crippen molar-refractivity contribution in [1.29, 1.82) is 0 Å². The van der Waals surface area contributed by atoms with E-state index in [0.29, 0.717) is 27.2 Å². The fraction of sp³-hybridized carbons (Fsp3) is 0.0714. The molecule has 0 unspecified atom stereocenters. The van der Waals surface area contributed by atoms with Crippen molar-refractivity contribution < 1.29 is 9.21 Å². The summed E-state index contributed by atoms with van der Waals surface area (Å²) in [4.78, 5) is 20.6. The molecule has 0 bridgehead atoms. The maximum atomic E-state index is 12.2. The number of hydrogen-bond donors (Lipinski definition) is 2. The van der Waals surface area contributed by atoms with E-state index in [-0.39, 0.29) is 5.91 Å². The van der Waals surface area contributed by atoms with E-state index in [4.69, 9.17) is 10.2 Å². The minimum absolute atomic E-state index is 0.226. The van der Waals surface area contributed by atoms with E-state index in [2.05, 4.69) is 15.3 Å². The second-order valence-corrected chi connectivity index (χ2v) is 5.40. The lowest BCUT2D eigenvalue weighted by molar-refractivity contribution is 0.103. The number of rotatable bonds is 3. The van der Waals surface area contributed by atoms with Gasteiger partial charge >= 0.3 is 0 Å². The normalized spacial score (nSPS) is 10.5. The highest BCUT2D eigenvalue weighted by Crippen LogP contribution is 2.24. The molecule has 3 aromatic rings. The van der Waals surface area contributed by atoms with Crippen LogP contribution in [0.4, 0.5) is 10.8 Å². The highest BCUT2D eigenvalue weighted by atomic mass is 32.1. The molecule has 0 spiro atoms. The van der Waals surface area contributed by atoms with Crippen molar-refractivity contribution >= 4 is 28.1 Å². The number of aromatic nitrogens is 2. The number of nitrogens with two attached hydrogens (primary N) is 1. The van der Waals surface area contributed by atoms with Crippen LogP contribution < -0.4 is 11.1 Å². The van der Waals surface area contributed by atoms with Crippen LogP contribution in [0.15, 0.2) is 41.3 Å². The molecule has 7 heteroatoms. The SMILES string of the molecule is Cc1nc(N)sc1C(=O)Nc1cccc(-c2cnco2)c1. The third-order valence-corrected chi connectivity index (χ3v) is 3.84. The molecule has 0 aliphatic carbocycles. The Kier molecular flexibility index (Phi) is 3.41. The van der Waals surface area contributed by atoms with Gasteiger partial charge < -0.3 is 15.5 Å². The van der Waals surface area contributed by atoms with Gasteiger partial charge in [-0.2, -0.15) is 0 Å². The number of carbonyl (C=O) groups is 1. The number of thiazole rings is 1. The predicted octanol–water partition coefficient (Wildman–Crippen LogP) is 2.94. The van der Waals surface area contributed by atoms with Gasteiger partial charge in [-0.25, -0.2) is 9.97 Å². The van der Waals surface area contributed by atoms with Gasteiger partial charge in [-0.3, -0.25) is 4.79 Å². The van der Waals surface area contributed by atoms with Crippen LogP contribution in [0.25, 0.3) is 11.3 Å². The van der Waals surface area contributed by atoms with Crippen LogP contribution in [0.1, 0.15) is 15.4 Å². The summed E-state index contributed by atoms with van der Waals surface area (Å²) in [5, 5.41) is 3.21. The fourth-order valence-corrected chi connectivity index (χ4v) is 2.65. The third-order valence-electron chi connectivity index (χ3n) is 2.86. The highest BCUT2D eigenvalue weighted by Gasteiger charge is 2.14. The van der Waals surface area contributed by atoms with Crippen LogP contribution in [0.2, 0.25) is 0 Å². The van der Waals surface area contributed by atoms with Crippen LogP contribution in [0.5, 0.6) is 0 Å². The first-order valence-electron chi connectivity index (χ1n) is 6.16. The number of anilines is 2. The number of aryl methyl sites for hydroxylation is 1. The lowest BCUT2D eigenvalue weighted by atomic mass is 10.1. The van der Waals surface area contributed by atoms with Crippen molar-refractivity contribution in [1.82, 2.24) is 9.97 Å². The molecule has 21 heavy (non-hydrogen) atoms. The van der Waals surface area contributed by atoms with E-state index < -0.39 is 0 Å². The van der Waals surface area contributed by atoms with Gasteiger partial charge in [0.1, 0.15) is 4.88 Å². The zero-order chi connectivity index (χ0) is 14.8. The van der Waals surface area contributed by atoms with Crippen molar-refractivity contribution in [2.45, 2.75) is 6.92 Å². The molecule has 2 heterocycles. The number of nitrogens with one attached hydrogen (secondary N) is 1. The summed E-state index contributed by atoms with van der Waals surface area (Å²) in [6.45, 7) is 1.76. The summed E-state index contributed by atoms with van der Waals surface area (Å²) >= 11 is 1.17. The van der Waals surface area contributed by atoms with Gasteiger partial charge in [0.25, 0.3) is 5.91 Å². The topological polar surface area (TPSA) is 94.0 Å². The molecular weight excluding hydrogens is 288 g/mol. The van der Waals surface area contributed by atoms with Gasteiger partial charge in [-0.05, 0) is 19.1 Å². The van der Waals surface area contributed by atoms with Gasteiger partial charge in [0, 0.05) is 11.3 Å². The van der Waals surface area contributed by atoms with Gasteiger partial charge in [0.15, 0.2) is 17.3 Å². The third kappa shape index (κ3) is 2.77. The Hall–Kier alpha value is -2.67. The van der Waals surface area contributed by atoms with E-state index in [1.54, 1.807) is 19.2 Å². The number of oxazole rings is 1. The zero-order valence-corrected chi connectivity index (χ0v) is 12.0. The lowest BCUT2D eigenvalue weighted by Gasteiger charge is -2.05. The average molecular weight is 300 g/mol.